The lowest BCUT2D eigenvalue weighted by atomic mass is 10.5. The lowest BCUT2D eigenvalue weighted by Crippen LogP contribution is -2.41. The lowest BCUT2D eigenvalue weighted by Gasteiger charge is -2.25. The molecule has 9 heavy (non-hydrogen) atoms. The third kappa shape index (κ3) is 2.16. The summed E-state index contributed by atoms with van der Waals surface area (Å²) < 4.78 is 0. The molecule has 0 unspecified atom stereocenters. The number of piperazine rings is 1. The van der Waals surface area contributed by atoms with Crippen molar-refractivity contribution >= 4 is 0 Å². The van der Waals surface area contributed by atoms with E-state index in [2.05, 4.69) is 16.8 Å². The second-order valence-corrected chi connectivity index (χ2v) is 2.17. The molecule has 0 bridgehead atoms. The summed E-state index contributed by atoms with van der Waals surface area (Å²) in [6, 6.07) is 0. The molecular weight excluding hydrogens is 114 g/mol. The molecule has 0 aromatic heterocycles. The summed E-state index contributed by atoms with van der Waals surface area (Å²) in [5.41, 5.74) is 0. The van der Waals surface area contributed by atoms with Crippen LogP contribution in [-0.4, -0.2) is 31.1 Å². The Morgan fingerprint density at radius 3 is 3.11 bits per heavy atom. The molecule has 1 rings (SSSR count). The molecule has 0 amide bonds. The average Bonchev–Trinajstić information content (AvgIpc) is 1.91. The molecule has 0 atom stereocenters. The van der Waals surface area contributed by atoms with Crippen LogP contribution in [0.25, 0.3) is 0 Å². The smallest absolute Gasteiger partial charge is 0.0468 e. The molecule has 2 nitrogen and oxygen atoms in total. The zero-order chi connectivity index (χ0) is 6.53. The summed E-state index contributed by atoms with van der Waals surface area (Å²) in [5, 5.41) is 3.28. The fourth-order valence-electron chi connectivity index (χ4n) is 0.980. The lowest BCUT2D eigenvalue weighted by molar-refractivity contribution is 0.302. The molecule has 1 aliphatic rings. The van der Waals surface area contributed by atoms with E-state index >= 15 is 0 Å². The van der Waals surface area contributed by atoms with Gasteiger partial charge in [0.15, 0.2) is 0 Å². The van der Waals surface area contributed by atoms with Crippen molar-refractivity contribution in [1.29, 1.82) is 0 Å². The molecule has 1 aliphatic heterocycles. The van der Waals surface area contributed by atoms with Gasteiger partial charge in [-0.3, -0.25) is 4.90 Å². The van der Waals surface area contributed by atoms with Crippen LogP contribution in [-0.2, 0) is 0 Å². The van der Waals surface area contributed by atoms with Gasteiger partial charge in [-0.2, -0.15) is 0 Å². The number of hydrogen-bond acceptors (Lipinski definition) is 2. The Labute approximate surface area is 56.5 Å². The SMILES string of the molecule is C=C[CH]N1CCNC[14CH2]1. The summed E-state index contributed by atoms with van der Waals surface area (Å²) in [5.74, 6) is 0. The monoisotopic (exact) mass is 127 g/mol. The minimum atomic E-state index is 1.10. The van der Waals surface area contributed by atoms with Crippen LogP contribution in [0.15, 0.2) is 12.7 Å². The first kappa shape index (κ1) is 6.78. The van der Waals surface area contributed by atoms with Gasteiger partial charge in [-0.1, -0.05) is 6.08 Å². The van der Waals surface area contributed by atoms with Crippen molar-refractivity contribution in [3.63, 3.8) is 0 Å². The van der Waals surface area contributed by atoms with Crippen LogP contribution in [0.1, 0.15) is 0 Å². The molecule has 1 fully saturated rings. The fraction of sp³-hybridized carbons (Fsp3) is 0.571. The van der Waals surface area contributed by atoms with Crippen LogP contribution in [0.2, 0.25) is 0 Å². The Morgan fingerprint density at radius 2 is 2.56 bits per heavy atom. The van der Waals surface area contributed by atoms with Crippen LogP contribution >= 0.6 is 0 Å². The second kappa shape index (κ2) is 3.64. The second-order valence-electron chi connectivity index (χ2n) is 2.17. The third-order valence-electron chi connectivity index (χ3n) is 1.47. The number of hydrogen-bond donors (Lipinski definition) is 1. The van der Waals surface area contributed by atoms with E-state index in [0.29, 0.717) is 0 Å². The number of nitrogens with one attached hydrogen (secondary N) is 1. The summed E-state index contributed by atoms with van der Waals surface area (Å²) >= 11 is 0. The van der Waals surface area contributed by atoms with Crippen LogP contribution in [0.3, 0.4) is 0 Å². The highest BCUT2D eigenvalue weighted by Crippen LogP contribution is 1.94. The van der Waals surface area contributed by atoms with Gasteiger partial charge in [0.2, 0.25) is 0 Å². The molecule has 1 N–H and O–H groups in total. The van der Waals surface area contributed by atoms with Gasteiger partial charge < -0.3 is 5.32 Å². The Morgan fingerprint density at radius 1 is 1.67 bits per heavy atom. The van der Waals surface area contributed by atoms with E-state index in [-0.39, 0.29) is 0 Å². The van der Waals surface area contributed by atoms with Crippen molar-refractivity contribution in [1.82, 2.24) is 10.2 Å². The zero-order valence-electron chi connectivity index (χ0n) is 5.64. The minimum Gasteiger partial charge on any atom is -0.314 e. The Hall–Kier alpha value is -0.340. The van der Waals surface area contributed by atoms with Crippen molar-refractivity contribution < 1.29 is 0 Å². The molecule has 0 saturated carbocycles. The summed E-state index contributed by atoms with van der Waals surface area (Å²) in [6.45, 7) is 10.1. The van der Waals surface area contributed by atoms with Crippen molar-refractivity contribution in [2.45, 2.75) is 0 Å². The van der Waals surface area contributed by atoms with E-state index in [1.54, 1.807) is 0 Å². The first-order valence-electron chi connectivity index (χ1n) is 3.34. The molecule has 0 aliphatic carbocycles. The largest absolute Gasteiger partial charge is 0.314 e. The molecule has 0 spiro atoms. The van der Waals surface area contributed by atoms with Gasteiger partial charge in [-0.05, 0) is 0 Å². The topological polar surface area (TPSA) is 15.3 Å². The van der Waals surface area contributed by atoms with E-state index in [9.17, 15) is 0 Å². The van der Waals surface area contributed by atoms with E-state index in [1.165, 1.54) is 0 Å². The minimum absolute atomic E-state index is 1.10. The molecule has 0 aromatic rings. The Kier molecular flexibility index (Phi) is 2.74. The first-order valence-corrected chi connectivity index (χ1v) is 3.34. The molecule has 0 aromatic carbocycles. The van der Waals surface area contributed by atoms with E-state index in [0.717, 1.165) is 26.2 Å². The maximum Gasteiger partial charge on any atom is 0.0468 e. The van der Waals surface area contributed by atoms with Gasteiger partial charge >= 0.3 is 0 Å². The highest BCUT2D eigenvalue weighted by molar-refractivity contribution is 4.88. The van der Waals surface area contributed by atoms with Gasteiger partial charge in [0.05, 0.1) is 0 Å². The van der Waals surface area contributed by atoms with Crippen LogP contribution in [0.5, 0.6) is 0 Å². The normalized spacial score (nSPS) is 21.8. The van der Waals surface area contributed by atoms with E-state index in [4.69, 9.17) is 0 Å². The highest BCUT2D eigenvalue weighted by atomic mass is 15.5. The van der Waals surface area contributed by atoms with Gasteiger partial charge in [0.25, 0.3) is 0 Å². The zero-order valence-corrected chi connectivity index (χ0v) is 5.64. The van der Waals surface area contributed by atoms with Crippen LogP contribution < -0.4 is 5.32 Å². The molecule has 1 radical (unpaired) electrons. The van der Waals surface area contributed by atoms with Gasteiger partial charge in [-0.15, -0.1) is 6.58 Å². The maximum absolute atomic E-state index is 3.64. The molecule has 1 heterocycles. The quantitative estimate of drug-likeness (QED) is 0.571. The van der Waals surface area contributed by atoms with Gasteiger partial charge in [-0.25, -0.2) is 0 Å². The molecule has 1 saturated heterocycles. The van der Waals surface area contributed by atoms with Crippen LogP contribution in [0, 0.1) is 6.54 Å². The van der Waals surface area contributed by atoms with Crippen LogP contribution in [0.4, 0.5) is 0 Å². The van der Waals surface area contributed by atoms with Crippen molar-refractivity contribution in [2.24, 2.45) is 0 Å². The average molecular weight is 127 g/mol. The fourth-order valence-corrected chi connectivity index (χ4v) is 0.980. The first-order chi connectivity index (χ1) is 4.43. The third-order valence-corrected chi connectivity index (χ3v) is 1.47. The Balaban J connectivity index is 2.15. The highest BCUT2D eigenvalue weighted by Gasteiger charge is 2.05. The van der Waals surface area contributed by atoms with Gasteiger partial charge in [0.1, 0.15) is 0 Å². The summed E-state index contributed by atoms with van der Waals surface area (Å²) in [6.07, 6.45) is 1.84. The molecule has 2 heteroatoms. The number of rotatable bonds is 2. The van der Waals surface area contributed by atoms with Crippen molar-refractivity contribution in [3.05, 3.63) is 19.2 Å². The van der Waals surface area contributed by atoms with Gasteiger partial charge in [0, 0.05) is 32.7 Å². The summed E-state index contributed by atoms with van der Waals surface area (Å²) in [4.78, 5) is 2.27. The van der Waals surface area contributed by atoms with Crippen molar-refractivity contribution in [2.75, 3.05) is 26.2 Å². The van der Waals surface area contributed by atoms with Crippen molar-refractivity contribution in [3.8, 4) is 0 Å². The predicted molar refractivity (Wildman–Crippen MR) is 38.9 cm³/mol. The Bertz CT molecular complexity index is 84.9. The standard InChI is InChI=1S/C7H13N2/c1-2-5-9-6-3-8-4-7-9/h2,5,8H,1,3-4,6-7H2/i6+2. The number of nitrogens with zero attached hydrogens (tertiary/aromatic N) is 1. The van der Waals surface area contributed by atoms with E-state index in [1.807, 2.05) is 12.6 Å². The molecule has 51 valence electrons. The molecular formula is C7H13N2. The van der Waals surface area contributed by atoms with E-state index < -0.39 is 0 Å². The predicted octanol–water partition coefficient (Wildman–Crippen LogP) is 0.239. The maximum atomic E-state index is 3.64. The summed E-state index contributed by atoms with van der Waals surface area (Å²) in [7, 11) is 0.